The van der Waals surface area contributed by atoms with E-state index < -0.39 is 0 Å². The highest BCUT2D eigenvalue weighted by Gasteiger charge is 2.08. The molecule has 1 heterocycles. The highest BCUT2D eigenvalue weighted by Crippen LogP contribution is 2.29. The monoisotopic (exact) mass is 348 g/mol. The van der Waals surface area contributed by atoms with Crippen molar-refractivity contribution < 1.29 is 19.1 Å². The van der Waals surface area contributed by atoms with Crippen LogP contribution in [0.15, 0.2) is 35.0 Å². The van der Waals surface area contributed by atoms with E-state index in [-0.39, 0.29) is 11.8 Å². The van der Waals surface area contributed by atoms with E-state index in [1.807, 2.05) is 5.38 Å². The predicted octanol–water partition coefficient (Wildman–Crippen LogP) is 2.91. The molecule has 0 unspecified atom stereocenters. The highest BCUT2D eigenvalue weighted by atomic mass is 32.1. The summed E-state index contributed by atoms with van der Waals surface area (Å²) in [5.41, 5.74) is 1.29. The van der Waals surface area contributed by atoms with E-state index in [1.54, 1.807) is 43.9 Å². The summed E-state index contributed by atoms with van der Waals surface area (Å²) in [4.78, 5) is 23.7. The van der Waals surface area contributed by atoms with Crippen LogP contribution in [0.3, 0.4) is 0 Å². The Bertz CT molecular complexity index is 686. The molecule has 128 valence electrons. The molecule has 0 aliphatic carbocycles. The second-order valence-electron chi connectivity index (χ2n) is 4.99. The fourth-order valence-electron chi connectivity index (χ4n) is 2.08. The Kier molecular flexibility index (Phi) is 6.62. The molecule has 1 aromatic carbocycles. The van der Waals surface area contributed by atoms with Gasteiger partial charge in [-0.2, -0.15) is 11.3 Å². The summed E-state index contributed by atoms with van der Waals surface area (Å²) in [7, 11) is 3.10. The zero-order chi connectivity index (χ0) is 17.4. The second kappa shape index (κ2) is 8.93. The van der Waals surface area contributed by atoms with E-state index in [0.717, 1.165) is 0 Å². The molecule has 0 bridgehead atoms. The Hall–Kier alpha value is -2.54. The number of anilines is 1. The Morgan fingerprint density at radius 1 is 1.12 bits per heavy atom. The van der Waals surface area contributed by atoms with Crippen molar-refractivity contribution in [1.29, 1.82) is 0 Å². The van der Waals surface area contributed by atoms with Gasteiger partial charge < -0.3 is 20.1 Å². The minimum Gasteiger partial charge on any atom is -0.493 e. The van der Waals surface area contributed by atoms with E-state index in [4.69, 9.17) is 9.47 Å². The van der Waals surface area contributed by atoms with Gasteiger partial charge in [-0.3, -0.25) is 9.59 Å². The first-order valence-electron chi connectivity index (χ1n) is 7.46. The molecule has 2 N–H and O–H groups in total. The number of ether oxygens (including phenoxy) is 2. The molecule has 2 amide bonds. The van der Waals surface area contributed by atoms with Crippen LogP contribution >= 0.6 is 11.3 Å². The molecule has 0 aliphatic rings. The van der Waals surface area contributed by atoms with Gasteiger partial charge in [-0.25, -0.2) is 0 Å². The smallest absolute Gasteiger partial charge is 0.252 e. The quantitative estimate of drug-likeness (QED) is 0.719. The van der Waals surface area contributed by atoms with Crippen LogP contribution in [-0.4, -0.2) is 32.6 Å². The second-order valence-corrected chi connectivity index (χ2v) is 5.77. The summed E-state index contributed by atoms with van der Waals surface area (Å²) in [6, 6.07) is 6.95. The van der Waals surface area contributed by atoms with Gasteiger partial charge >= 0.3 is 0 Å². The van der Waals surface area contributed by atoms with E-state index in [2.05, 4.69) is 10.6 Å². The molecule has 0 saturated heterocycles. The topological polar surface area (TPSA) is 76.7 Å². The minimum absolute atomic E-state index is 0.114. The van der Waals surface area contributed by atoms with Gasteiger partial charge in [-0.15, -0.1) is 0 Å². The van der Waals surface area contributed by atoms with Crippen LogP contribution in [-0.2, 0) is 4.79 Å². The van der Waals surface area contributed by atoms with Crippen molar-refractivity contribution in [2.24, 2.45) is 0 Å². The molecule has 0 aliphatic heterocycles. The predicted molar refractivity (Wildman–Crippen MR) is 94.1 cm³/mol. The number of hydrogen-bond acceptors (Lipinski definition) is 5. The summed E-state index contributed by atoms with van der Waals surface area (Å²) in [6.45, 7) is 0.452. The molecule has 24 heavy (non-hydrogen) atoms. The molecule has 6 nitrogen and oxygen atoms in total. The normalized spacial score (nSPS) is 10.1. The first-order valence-corrected chi connectivity index (χ1v) is 8.40. The number of carbonyl (C=O) groups excluding carboxylic acids is 2. The molecule has 0 fully saturated rings. The lowest BCUT2D eigenvalue weighted by Gasteiger charge is -2.10. The fraction of sp³-hybridized carbons (Fsp3) is 0.294. The van der Waals surface area contributed by atoms with Crippen molar-refractivity contribution in [2.75, 3.05) is 26.1 Å². The van der Waals surface area contributed by atoms with Crippen molar-refractivity contribution in [2.45, 2.75) is 12.8 Å². The van der Waals surface area contributed by atoms with Crippen LogP contribution in [0.1, 0.15) is 23.2 Å². The Balaban J connectivity index is 1.74. The van der Waals surface area contributed by atoms with Crippen molar-refractivity contribution in [3.63, 3.8) is 0 Å². The first kappa shape index (κ1) is 17.8. The molecule has 0 atom stereocenters. The van der Waals surface area contributed by atoms with Crippen molar-refractivity contribution >= 4 is 28.8 Å². The molecule has 0 spiro atoms. The Morgan fingerprint density at radius 3 is 2.58 bits per heavy atom. The summed E-state index contributed by atoms with van der Waals surface area (Å²) in [5.74, 6) is 0.925. The van der Waals surface area contributed by atoms with Crippen molar-refractivity contribution in [1.82, 2.24) is 5.32 Å². The number of methoxy groups -OCH3 is 2. The SMILES string of the molecule is COc1ccc(NC(=O)CCCNC(=O)c2ccsc2)cc1OC. The molecular weight excluding hydrogens is 328 g/mol. The zero-order valence-corrected chi connectivity index (χ0v) is 14.4. The number of nitrogens with one attached hydrogen (secondary N) is 2. The van der Waals surface area contributed by atoms with Crippen LogP contribution in [0, 0.1) is 0 Å². The number of rotatable bonds is 8. The Morgan fingerprint density at radius 2 is 1.92 bits per heavy atom. The van der Waals surface area contributed by atoms with E-state index in [1.165, 1.54) is 11.3 Å². The molecule has 0 saturated carbocycles. The third-order valence-electron chi connectivity index (χ3n) is 3.32. The maximum Gasteiger partial charge on any atom is 0.252 e. The molecule has 2 aromatic rings. The van der Waals surface area contributed by atoms with Crippen LogP contribution < -0.4 is 20.1 Å². The van der Waals surface area contributed by atoms with Crippen LogP contribution in [0.5, 0.6) is 11.5 Å². The van der Waals surface area contributed by atoms with E-state index in [0.29, 0.717) is 42.1 Å². The maximum atomic E-state index is 11.9. The summed E-state index contributed by atoms with van der Waals surface area (Å²) in [6.07, 6.45) is 0.882. The van der Waals surface area contributed by atoms with Gasteiger partial charge in [-0.1, -0.05) is 0 Å². The lowest BCUT2D eigenvalue weighted by atomic mass is 10.2. The largest absolute Gasteiger partial charge is 0.493 e. The van der Waals surface area contributed by atoms with Crippen LogP contribution in [0.25, 0.3) is 0 Å². The summed E-state index contributed by atoms with van der Waals surface area (Å²) >= 11 is 1.47. The third-order valence-corrected chi connectivity index (χ3v) is 4.00. The highest BCUT2D eigenvalue weighted by molar-refractivity contribution is 7.08. The van der Waals surface area contributed by atoms with Gasteiger partial charge in [-0.05, 0) is 30.0 Å². The van der Waals surface area contributed by atoms with Gasteiger partial charge in [0, 0.05) is 35.7 Å². The molecular formula is C17H20N2O4S. The van der Waals surface area contributed by atoms with Gasteiger partial charge in [0.15, 0.2) is 11.5 Å². The van der Waals surface area contributed by atoms with Gasteiger partial charge in [0.2, 0.25) is 5.91 Å². The van der Waals surface area contributed by atoms with Crippen LogP contribution in [0.4, 0.5) is 5.69 Å². The van der Waals surface area contributed by atoms with E-state index in [9.17, 15) is 9.59 Å². The number of carbonyl (C=O) groups is 2. The zero-order valence-electron chi connectivity index (χ0n) is 13.6. The molecule has 1 aromatic heterocycles. The lowest BCUT2D eigenvalue weighted by Crippen LogP contribution is -2.25. The van der Waals surface area contributed by atoms with Crippen LogP contribution in [0.2, 0.25) is 0 Å². The molecule has 7 heteroatoms. The average molecular weight is 348 g/mol. The number of hydrogen-bond donors (Lipinski definition) is 2. The molecule has 0 radical (unpaired) electrons. The van der Waals surface area contributed by atoms with Crippen molar-refractivity contribution in [3.05, 3.63) is 40.6 Å². The fourth-order valence-corrected chi connectivity index (χ4v) is 2.72. The molecule has 2 rings (SSSR count). The minimum atomic E-state index is -0.119. The first-order chi connectivity index (χ1) is 11.6. The standard InChI is InChI=1S/C17H20N2O4S/c1-22-14-6-5-13(10-15(14)23-2)19-16(20)4-3-8-18-17(21)12-7-9-24-11-12/h5-7,9-11H,3-4,8H2,1-2H3,(H,18,21)(H,19,20). The van der Waals surface area contributed by atoms with Gasteiger partial charge in [0.1, 0.15) is 0 Å². The lowest BCUT2D eigenvalue weighted by molar-refractivity contribution is -0.116. The maximum absolute atomic E-state index is 11.9. The number of amides is 2. The van der Waals surface area contributed by atoms with Gasteiger partial charge in [0.25, 0.3) is 5.91 Å². The van der Waals surface area contributed by atoms with Crippen molar-refractivity contribution in [3.8, 4) is 11.5 Å². The summed E-state index contributed by atoms with van der Waals surface area (Å²) < 4.78 is 10.3. The third kappa shape index (κ3) is 4.99. The summed E-state index contributed by atoms with van der Waals surface area (Å²) in [5, 5.41) is 9.23. The Labute approximate surface area is 144 Å². The number of benzene rings is 1. The van der Waals surface area contributed by atoms with E-state index >= 15 is 0 Å². The average Bonchev–Trinajstić information content (AvgIpc) is 3.13. The van der Waals surface area contributed by atoms with Gasteiger partial charge in [0.05, 0.1) is 14.2 Å². The number of thiophene rings is 1.